The van der Waals surface area contributed by atoms with Crippen molar-refractivity contribution in [3.05, 3.63) is 23.8 Å². The highest BCUT2D eigenvalue weighted by Crippen LogP contribution is 2.32. The summed E-state index contributed by atoms with van der Waals surface area (Å²) in [6.45, 7) is 0. The van der Waals surface area contributed by atoms with Crippen LogP contribution in [0.3, 0.4) is 0 Å². The molecule has 0 radical (unpaired) electrons. The van der Waals surface area contributed by atoms with E-state index in [0.29, 0.717) is 12.8 Å². The second-order valence-electron chi connectivity index (χ2n) is 4.18. The van der Waals surface area contributed by atoms with Crippen LogP contribution in [0.5, 0.6) is 11.5 Å². The van der Waals surface area contributed by atoms with Gasteiger partial charge in [-0.05, 0) is 12.1 Å². The lowest BCUT2D eigenvalue weighted by atomic mass is 9.92. The van der Waals surface area contributed by atoms with Gasteiger partial charge in [0, 0.05) is 18.9 Å². The summed E-state index contributed by atoms with van der Waals surface area (Å²) >= 11 is 0. The van der Waals surface area contributed by atoms with Crippen LogP contribution >= 0.6 is 0 Å². The standard InChI is InChI=1S/C12H10F3NO3/c13-12(14,15)19-11-5-9(2-1-7(11)6-16)18-10-3-8(17)4-10/h1-2,5,8,10,17H,3-4H2/t8-,10+. The van der Waals surface area contributed by atoms with E-state index in [1.807, 2.05) is 0 Å². The van der Waals surface area contributed by atoms with Gasteiger partial charge in [0.05, 0.1) is 11.7 Å². The number of alkyl halides is 3. The van der Waals surface area contributed by atoms with Crippen molar-refractivity contribution in [2.24, 2.45) is 0 Å². The SMILES string of the molecule is N#Cc1ccc(O[C@H]2C[C@@H](O)C2)cc1OC(F)(F)F. The van der Waals surface area contributed by atoms with E-state index >= 15 is 0 Å². The van der Waals surface area contributed by atoms with Crippen molar-refractivity contribution in [3.8, 4) is 17.6 Å². The van der Waals surface area contributed by atoms with Gasteiger partial charge < -0.3 is 14.6 Å². The zero-order valence-electron chi connectivity index (χ0n) is 9.65. The van der Waals surface area contributed by atoms with Crippen LogP contribution in [0.1, 0.15) is 18.4 Å². The molecule has 0 spiro atoms. The molecule has 0 heterocycles. The fraction of sp³-hybridized carbons (Fsp3) is 0.417. The number of hydrogen-bond donors (Lipinski definition) is 1. The Morgan fingerprint density at radius 3 is 2.53 bits per heavy atom. The maximum Gasteiger partial charge on any atom is 0.573 e. The minimum absolute atomic E-state index is 0.176. The van der Waals surface area contributed by atoms with Gasteiger partial charge in [0.2, 0.25) is 0 Å². The minimum atomic E-state index is -4.86. The van der Waals surface area contributed by atoms with Crippen LogP contribution in [-0.4, -0.2) is 23.7 Å². The van der Waals surface area contributed by atoms with Crippen LogP contribution in [0, 0.1) is 11.3 Å². The number of nitriles is 1. The van der Waals surface area contributed by atoms with Crippen molar-refractivity contribution in [2.45, 2.75) is 31.4 Å². The lowest BCUT2D eigenvalue weighted by Crippen LogP contribution is -2.37. The number of rotatable bonds is 3. The third-order valence-electron chi connectivity index (χ3n) is 2.67. The van der Waals surface area contributed by atoms with Crippen molar-refractivity contribution in [3.63, 3.8) is 0 Å². The molecule has 19 heavy (non-hydrogen) atoms. The van der Waals surface area contributed by atoms with Crippen molar-refractivity contribution in [1.29, 1.82) is 5.26 Å². The van der Waals surface area contributed by atoms with Crippen LogP contribution in [0.15, 0.2) is 18.2 Å². The molecule has 0 atom stereocenters. The number of halogens is 3. The molecule has 1 fully saturated rings. The fourth-order valence-corrected chi connectivity index (χ4v) is 1.70. The average Bonchev–Trinajstić information content (AvgIpc) is 2.25. The second kappa shape index (κ2) is 4.97. The Bertz CT molecular complexity index is 504. The molecule has 0 bridgehead atoms. The van der Waals surface area contributed by atoms with Gasteiger partial charge in [0.25, 0.3) is 0 Å². The Kier molecular flexibility index (Phi) is 3.53. The van der Waals surface area contributed by atoms with E-state index in [9.17, 15) is 13.2 Å². The number of aliphatic hydroxyl groups excluding tert-OH is 1. The Labute approximate surface area is 107 Å². The van der Waals surface area contributed by atoms with E-state index < -0.39 is 18.2 Å². The van der Waals surface area contributed by atoms with Gasteiger partial charge in [-0.1, -0.05) is 0 Å². The van der Waals surface area contributed by atoms with Crippen LogP contribution in [0.2, 0.25) is 0 Å². The molecule has 0 aliphatic heterocycles. The summed E-state index contributed by atoms with van der Waals surface area (Å²) in [5.41, 5.74) is -0.224. The van der Waals surface area contributed by atoms with Gasteiger partial charge in [0.15, 0.2) is 5.75 Å². The topological polar surface area (TPSA) is 62.5 Å². The summed E-state index contributed by atoms with van der Waals surface area (Å²) in [6.07, 6.45) is -4.63. The first kappa shape index (κ1) is 13.5. The Balaban J connectivity index is 2.14. The number of ether oxygens (including phenoxy) is 2. The predicted octanol–water partition coefficient (Wildman–Crippen LogP) is 2.36. The molecule has 0 unspecified atom stereocenters. The molecule has 1 aliphatic carbocycles. The summed E-state index contributed by atoms with van der Waals surface area (Å²) in [5, 5.41) is 17.8. The van der Waals surface area contributed by atoms with Crippen molar-refractivity contribution in [1.82, 2.24) is 0 Å². The molecular weight excluding hydrogens is 263 g/mol. The summed E-state index contributed by atoms with van der Waals surface area (Å²) in [4.78, 5) is 0. The summed E-state index contributed by atoms with van der Waals surface area (Å²) in [5.74, 6) is -0.414. The molecule has 1 aromatic carbocycles. The molecule has 0 aromatic heterocycles. The average molecular weight is 273 g/mol. The van der Waals surface area contributed by atoms with E-state index in [1.165, 1.54) is 12.1 Å². The summed E-state index contributed by atoms with van der Waals surface area (Å²) < 4.78 is 45.7. The summed E-state index contributed by atoms with van der Waals surface area (Å²) in [7, 11) is 0. The molecule has 1 N–H and O–H groups in total. The van der Waals surface area contributed by atoms with Gasteiger partial charge in [-0.2, -0.15) is 5.26 Å². The summed E-state index contributed by atoms with van der Waals surface area (Å²) in [6, 6.07) is 5.23. The Morgan fingerprint density at radius 2 is 2.00 bits per heavy atom. The van der Waals surface area contributed by atoms with Crippen molar-refractivity contribution < 1.29 is 27.8 Å². The lowest BCUT2D eigenvalue weighted by Gasteiger charge is -2.31. The maximum atomic E-state index is 12.2. The van der Waals surface area contributed by atoms with E-state index in [4.69, 9.17) is 15.1 Å². The molecule has 1 saturated carbocycles. The molecular formula is C12H10F3NO3. The molecule has 0 amide bonds. The van der Waals surface area contributed by atoms with E-state index in [1.54, 1.807) is 6.07 Å². The molecule has 2 rings (SSSR count). The molecule has 1 aliphatic rings. The number of nitrogens with zero attached hydrogens (tertiary/aromatic N) is 1. The molecule has 7 heteroatoms. The fourth-order valence-electron chi connectivity index (χ4n) is 1.70. The van der Waals surface area contributed by atoms with Gasteiger partial charge in [-0.25, -0.2) is 0 Å². The van der Waals surface area contributed by atoms with Gasteiger partial charge in [-0.3, -0.25) is 0 Å². The molecule has 4 nitrogen and oxygen atoms in total. The molecule has 102 valence electrons. The third-order valence-corrected chi connectivity index (χ3v) is 2.67. The zero-order chi connectivity index (χ0) is 14.0. The second-order valence-corrected chi connectivity index (χ2v) is 4.18. The maximum absolute atomic E-state index is 12.2. The highest BCUT2D eigenvalue weighted by atomic mass is 19.4. The molecule has 0 saturated heterocycles. The Hall–Kier alpha value is -1.94. The van der Waals surface area contributed by atoms with Crippen LogP contribution in [-0.2, 0) is 0 Å². The van der Waals surface area contributed by atoms with E-state index in [0.717, 1.165) is 6.07 Å². The highest BCUT2D eigenvalue weighted by Gasteiger charge is 2.33. The number of benzene rings is 1. The van der Waals surface area contributed by atoms with Gasteiger partial charge in [-0.15, -0.1) is 13.2 Å². The lowest BCUT2D eigenvalue weighted by molar-refractivity contribution is -0.274. The van der Waals surface area contributed by atoms with Crippen molar-refractivity contribution >= 4 is 0 Å². The highest BCUT2D eigenvalue weighted by molar-refractivity contribution is 5.47. The Morgan fingerprint density at radius 1 is 1.32 bits per heavy atom. The van der Waals surface area contributed by atoms with E-state index in [-0.39, 0.29) is 17.4 Å². The first-order valence-electron chi connectivity index (χ1n) is 5.52. The normalized spacial score (nSPS) is 22.3. The van der Waals surface area contributed by atoms with Crippen LogP contribution in [0.25, 0.3) is 0 Å². The molecule has 1 aromatic rings. The smallest absolute Gasteiger partial charge is 0.490 e. The largest absolute Gasteiger partial charge is 0.573 e. The van der Waals surface area contributed by atoms with Crippen LogP contribution < -0.4 is 9.47 Å². The number of aliphatic hydroxyl groups is 1. The predicted molar refractivity (Wildman–Crippen MR) is 57.5 cm³/mol. The number of hydrogen-bond acceptors (Lipinski definition) is 4. The van der Waals surface area contributed by atoms with Gasteiger partial charge >= 0.3 is 6.36 Å². The zero-order valence-corrected chi connectivity index (χ0v) is 9.65. The van der Waals surface area contributed by atoms with Gasteiger partial charge in [0.1, 0.15) is 17.9 Å². The van der Waals surface area contributed by atoms with Crippen molar-refractivity contribution in [2.75, 3.05) is 0 Å². The minimum Gasteiger partial charge on any atom is -0.490 e. The monoisotopic (exact) mass is 273 g/mol. The quantitative estimate of drug-likeness (QED) is 0.918. The first-order chi connectivity index (χ1) is 8.87. The first-order valence-corrected chi connectivity index (χ1v) is 5.52. The van der Waals surface area contributed by atoms with E-state index in [2.05, 4.69) is 4.74 Å². The van der Waals surface area contributed by atoms with Crippen LogP contribution in [0.4, 0.5) is 13.2 Å². The third kappa shape index (κ3) is 3.51.